The molecule has 0 aliphatic carbocycles. The van der Waals surface area contributed by atoms with E-state index in [4.69, 9.17) is 0 Å². The molecule has 7 heavy (non-hydrogen) atoms. The van der Waals surface area contributed by atoms with Gasteiger partial charge in [-0.25, -0.2) is 0 Å². The number of rotatable bonds is 0. The normalized spacial score (nSPS) is 6.86. The van der Waals surface area contributed by atoms with Crippen molar-refractivity contribution < 1.29 is 17.6 Å². The van der Waals surface area contributed by atoms with Crippen molar-refractivity contribution in [1.29, 1.82) is 0 Å². The molecule has 0 fully saturated rings. The summed E-state index contributed by atoms with van der Waals surface area (Å²) in [7, 11) is 0. The molecule has 2 radical (unpaired) electrons. The van der Waals surface area contributed by atoms with E-state index in [1.165, 1.54) is 0 Å². The Morgan fingerprint density at radius 3 is 0.857 bits per heavy atom. The van der Waals surface area contributed by atoms with Gasteiger partial charge < -0.3 is 0 Å². The average molecular weight is 309 g/mol. The SMILES string of the molecule is FC(F)=C(F)F.[PbH2]. The topological polar surface area (TPSA) is 0 Å². The van der Waals surface area contributed by atoms with E-state index in [2.05, 4.69) is 0 Å². The van der Waals surface area contributed by atoms with Crippen LogP contribution in [0, 0.1) is 0 Å². The average Bonchev–Trinajstić information content (AvgIpc) is 1.36. The third-order valence-corrected chi connectivity index (χ3v) is 0.143. The minimum atomic E-state index is -2.91. The van der Waals surface area contributed by atoms with Gasteiger partial charge in [-0.05, 0) is 0 Å². The first-order valence-electron chi connectivity index (χ1n) is 1.01. The molecule has 0 amide bonds. The molecule has 0 saturated heterocycles. The van der Waals surface area contributed by atoms with Gasteiger partial charge in [0.05, 0.1) is 0 Å². The summed E-state index contributed by atoms with van der Waals surface area (Å²) < 4.78 is 41.1. The first kappa shape index (κ1) is 10.4. The Hall–Kier alpha value is 0.382. The van der Waals surface area contributed by atoms with Crippen LogP contribution in [0.4, 0.5) is 17.6 Å². The zero-order chi connectivity index (χ0) is 5.15. The molecular weight excluding hydrogens is 307 g/mol. The molecule has 42 valence electrons. The van der Waals surface area contributed by atoms with Crippen molar-refractivity contribution >= 4 is 27.3 Å². The van der Waals surface area contributed by atoms with Gasteiger partial charge in [0, 0.05) is 0 Å². The molecular formula is C2H2F4Pb. The first-order chi connectivity index (χ1) is 2.64. The molecule has 0 aromatic carbocycles. The van der Waals surface area contributed by atoms with Crippen molar-refractivity contribution in [2.75, 3.05) is 0 Å². The molecule has 5 heteroatoms. The monoisotopic (exact) mass is 310 g/mol. The number of halogens is 4. The Kier molecular flexibility index (Phi) is 6.73. The fourth-order valence-corrected chi connectivity index (χ4v) is 0. The van der Waals surface area contributed by atoms with Crippen molar-refractivity contribution in [1.82, 2.24) is 0 Å². The summed E-state index contributed by atoms with van der Waals surface area (Å²) in [4.78, 5) is 0. The van der Waals surface area contributed by atoms with Crippen molar-refractivity contribution in [2.45, 2.75) is 0 Å². The molecule has 0 saturated carbocycles. The Morgan fingerprint density at radius 1 is 0.714 bits per heavy atom. The summed E-state index contributed by atoms with van der Waals surface area (Å²) in [5, 5.41) is 0. The molecule has 0 unspecified atom stereocenters. The van der Waals surface area contributed by atoms with Crippen LogP contribution in [0.3, 0.4) is 0 Å². The van der Waals surface area contributed by atoms with Crippen LogP contribution < -0.4 is 0 Å². The van der Waals surface area contributed by atoms with E-state index in [0.717, 1.165) is 0 Å². The molecule has 0 atom stereocenters. The van der Waals surface area contributed by atoms with E-state index in [1.54, 1.807) is 0 Å². The molecule has 0 aliphatic heterocycles. The van der Waals surface area contributed by atoms with Gasteiger partial charge >= 0.3 is 39.5 Å². The van der Waals surface area contributed by atoms with E-state index in [0.29, 0.717) is 0 Å². The van der Waals surface area contributed by atoms with Crippen molar-refractivity contribution in [3.8, 4) is 0 Å². The molecule has 0 heterocycles. The maximum atomic E-state index is 10.3. The summed E-state index contributed by atoms with van der Waals surface area (Å²) in [6.07, 6.45) is -5.81. The van der Waals surface area contributed by atoms with Gasteiger partial charge in [-0.3, -0.25) is 0 Å². The quantitative estimate of drug-likeness (QED) is 0.464. The minimum absolute atomic E-state index is 0. The van der Waals surface area contributed by atoms with Gasteiger partial charge in [-0.1, -0.05) is 0 Å². The molecule has 0 bridgehead atoms. The second-order valence-corrected chi connectivity index (χ2v) is 0.521. The third-order valence-electron chi connectivity index (χ3n) is 0.143. The molecule has 0 aromatic rings. The molecule has 0 aliphatic rings. The van der Waals surface area contributed by atoms with E-state index in [-0.39, 0.29) is 27.3 Å². The van der Waals surface area contributed by atoms with Crippen molar-refractivity contribution in [3.63, 3.8) is 0 Å². The summed E-state index contributed by atoms with van der Waals surface area (Å²) >= 11 is 0. The molecule has 0 aromatic heterocycles. The second-order valence-electron chi connectivity index (χ2n) is 0.521. The zero-order valence-electron chi connectivity index (χ0n) is 3.22. The predicted octanol–water partition coefficient (Wildman–Crippen LogP) is 1.07. The van der Waals surface area contributed by atoms with Gasteiger partial charge in [-0.2, -0.15) is 17.6 Å². The summed E-state index contributed by atoms with van der Waals surface area (Å²) in [5.74, 6) is 0. The molecule has 0 rings (SSSR count). The maximum absolute atomic E-state index is 10.3. The van der Waals surface area contributed by atoms with Crippen LogP contribution in [0.5, 0.6) is 0 Å². The Morgan fingerprint density at radius 2 is 0.857 bits per heavy atom. The van der Waals surface area contributed by atoms with E-state index < -0.39 is 12.2 Å². The van der Waals surface area contributed by atoms with Crippen LogP contribution in [0.1, 0.15) is 0 Å². The van der Waals surface area contributed by atoms with Crippen LogP contribution in [-0.2, 0) is 0 Å². The van der Waals surface area contributed by atoms with E-state index in [1.807, 2.05) is 0 Å². The van der Waals surface area contributed by atoms with Crippen molar-refractivity contribution in [3.05, 3.63) is 12.2 Å². The summed E-state index contributed by atoms with van der Waals surface area (Å²) in [5.41, 5.74) is 0. The standard InChI is InChI=1S/C2F4.Pb.2H/c3-1(4)2(5)6;;;. The first-order valence-corrected chi connectivity index (χ1v) is 1.01. The summed E-state index contributed by atoms with van der Waals surface area (Å²) in [6.45, 7) is 0. The number of hydrogen-bond acceptors (Lipinski definition) is 0. The van der Waals surface area contributed by atoms with Crippen LogP contribution >= 0.6 is 0 Å². The molecule has 0 spiro atoms. The van der Waals surface area contributed by atoms with Crippen LogP contribution in [0.25, 0.3) is 0 Å². The van der Waals surface area contributed by atoms with E-state index >= 15 is 0 Å². The Bertz CT molecular complexity index is 59.8. The molecule has 0 N–H and O–H groups in total. The van der Waals surface area contributed by atoms with Crippen LogP contribution in [0.2, 0.25) is 0 Å². The van der Waals surface area contributed by atoms with Gasteiger partial charge in [0.1, 0.15) is 0 Å². The predicted molar refractivity (Wildman–Crippen MR) is 20.0 cm³/mol. The second kappa shape index (κ2) is 4.54. The fourth-order valence-electron chi connectivity index (χ4n) is 0. The Labute approximate surface area is 57.4 Å². The van der Waals surface area contributed by atoms with Gasteiger partial charge in [0.2, 0.25) is 0 Å². The van der Waals surface area contributed by atoms with Gasteiger partial charge in [-0.15, -0.1) is 0 Å². The summed E-state index contributed by atoms with van der Waals surface area (Å²) in [6, 6.07) is 0. The zero-order valence-corrected chi connectivity index (χ0v) is 8.72. The fraction of sp³-hybridized carbons (Fsp3) is 0. The molecule has 0 nitrogen and oxygen atoms in total. The van der Waals surface area contributed by atoms with Crippen LogP contribution in [-0.4, -0.2) is 27.3 Å². The van der Waals surface area contributed by atoms with Crippen LogP contribution in [0.15, 0.2) is 12.2 Å². The number of hydrogen-bond donors (Lipinski definition) is 0. The van der Waals surface area contributed by atoms with E-state index in [9.17, 15) is 17.6 Å². The van der Waals surface area contributed by atoms with Gasteiger partial charge in [0.25, 0.3) is 0 Å². The van der Waals surface area contributed by atoms with Crippen molar-refractivity contribution in [2.24, 2.45) is 0 Å². The Balaban J connectivity index is 0. The van der Waals surface area contributed by atoms with Gasteiger partial charge in [0.15, 0.2) is 0 Å². The third kappa shape index (κ3) is 6.38.